The zero-order valence-corrected chi connectivity index (χ0v) is 15.5. The first-order chi connectivity index (χ1) is 12.8. The standard InChI is InChI=1S/C19H24FN5O2/c1-12(2)16-11-24(19(27)15-9-17(21)23-22-15)8-7-18(26)25(16)10-13-3-5-14(20)6-4-13/h3-6,9,12,16H,7-8,10-11H2,1-2H3,(H3,21,22,23)/t16-/m1/s1. The number of carbonyl (C=O) groups excluding carboxylic acids is 2. The fraction of sp³-hybridized carbons (Fsp3) is 0.421. The molecule has 7 nitrogen and oxygen atoms in total. The second kappa shape index (κ2) is 7.77. The van der Waals surface area contributed by atoms with E-state index in [1.807, 2.05) is 13.8 Å². The summed E-state index contributed by atoms with van der Waals surface area (Å²) in [7, 11) is 0. The summed E-state index contributed by atoms with van der Waals surface area (Å²) in [6.45, 7) is 5.19. The Hall–Kier alpha value is -2.90. The van der Waals surface area contributed by atoms with E-state index in [-0.39, 0.29) is 41.8 Å². The Morgan fingerprint density at radius 1 is 1.37 bits per heavy atom. The van der Waals surface area contributed by atoms with Gasteiger partial charge in [-0.1, -0.05) is 26.0 Å². The summed E-state index contributed by atoms with van der Waals surface area (Å²) in [4.78, 5) is 29.0. The predicted octanol–water partition coefficient (Wildman–Crippen LogP) is 2.03. The molecular weight excluding hydrogens is 349 g/mol. The second-order valence-electron chi connectivity index (χ2n) is 7.17. The van der Waals surface area contributed by atoms with Crippen LogP contribution in [0.1, 0.15) is 36.3 Å². The molecule has 0 bridgehead atoms. The van der Waals surface area contributed by atoms with Gasteiger partial charge in [0, 0.05) is 32.1 Å². The van der Waals surface area contributed by atoms with Crippen molar-refractivity contribution in [1.82, 2.24) is 20.0 Å². The van der Waals surface area contributed by atoms with Gasteiger partial charge in [-0.05, 0) is 23.6 Å². The van der Waals surface area contributed by atoms with Gasteiger partial charge in [-0.25, -0.2) is 4.39 Å². The van der Waals surface area contributed by atoms with E-state index in [1.54, 1.807) is 21.9 Å². The number of benzene rings is 1. The van der Waals surface area contributed by atoms with Gasteiger partial charge >= 0.3 is 0 Å². The van der Waals surface area contributed by atoms with Crippen LogP contribution in [0, 0.1) is 11.7 Å². The lowest BCUT2D eigenvalue weighted by molar-refractivity contribution is -0.134. The highest BCUT2D eigenvalue weighted by Crippen LogP contribution is 2.22. The molecule has 0 saturated carbocycles. The van der Waals surface area contributed by atoms with Crippen LogP contribution in [0.4, 0.5) is 10.2 Å². The topological polar surface area (TPSA) is 95.3 Å². The largest absolute Gasteiger partial charge is 0.382 e. The Balaban J connectivity index is 1.81. The van der Waals surface area contributed by atoms with Crippen LogP contribution in [-0.2, 0) is 11.3 Å². The lowest BCUT2D eigenvalue weighted by Crippen LogP contribution is -2.47. The molecule has 0 spiro atoms. The van der Waals surface area contributed by atoms with Crippen molar-refractivity contribution in [2.45, 2.75) is 32.9 Å². The van der Waals surface area contributed by atoms with Crippen molar-refractivity contribution < 1.29 is 14.0 Å². The average Bonchev–Trinajstić information content (AvgIpc) is 3.00. The molecule has 3 N–H and O–H groups in total. The van der Waals surface area contributed by atoms with Crippen molar-refractivity contribution in [2.75, 3.05) is 18.8 Å². The monoisotopic (exact) mass is 373 g/mol. The number of aromatic amines is 1. The Labute approximate surface area is 157 Å². The normalized spacial score (nSPS) is 18.1. The molecule has 8 heteroatoms. The fourth-order valence-corrected chi connectivity index (χ4v) is 3.34. The third kappa shape index (κ3) is 4.27. The van der Waals surface area contributed by atoms with Gasteiger partial charge in [-0.15, -0.1) is 0 Å². The summed E-state index contributed by atoms with van der Waals surface area (Å²) < 4.78 is 13.2. The Morgan fingerprint density at radius 2 is 2.07 bits per heavy atom. The molecule has 1 saturated heterocycles. The molecule has 144 valence electrons. The number of rotatable bonds is 4. The zero-order valence-electron chi connectivity index (χ0n) is 15.5. The molecule has 1 atom stereocenters. The maximum atomic E-state index is 13.2. The van der Waals surface area contributed by atoms with E-state index in [2.05, 4.69) is 10.2 Å². The summed E-state index contributed by atoms with van der Waals surface area (Å²) in [6.07, 6.45) is 0.236. The molecule has 0 unspecified atom stereocenters. The smallest absolute Gasteiger partial charge is 0.272 e. The first-order valence-electron chi connectivity index (χ1n) is 8.99. The van der Waals surface area contributed by atoms with Crippen molar-refractivity contribution >= 4 is 17.6 Å². The SMILES string of the molecule is CC(C)[C@H]1CN(C(=O)c2cc(N)n[nH]2)CCC(=O)N1Cc1ccc(F)cc1. The van der Waals surface area contributed by atoms with Crippen LogP contribution in [0.25, 0.3) is 0 Å². The first-order valence-corrected chi connectivity index (χ1v) is 8.99. The number of carbonyl (C=O) groups is 2. The number of aromatic nitrogens is 2. The third-order valence-corrected chi connectivity index (χ3v) is 4.87. The second-order valence-corrected chi connectivity index (χ2v) is 7.17. The number of halogens is 1. The van der Waals surface area contributed by atoms with Crippen molar-refractivity contribution in [2.24, 2.45) is 5.92 Å². The van der Waals surface area contributed by atoms with Gasteiger partial charge in [-0.2, -0.15) is 5.10 Å². The maximum absolute atomic E-state index is 13.2. The van der Waals surface area contributed by atoms with E-state index in [9.17, 15) is 14.0 Å². The van der Waals surface area contributed by atoms with Gasteiger partial charge in [0.1, 0.15) is 17.3 Å². The number of H-pyrrole nitrogens is 1. The molecule has 1 aliphatic rings. The van der Waals surface area contributed by atoms with E-state index < -0.39 is 0 Å². The van der Waals surface area contributed by atoms with Crippen LogP contribution >= 0.6 is 0 Å². The minimum atomic E-state index is -0.308. The van der Waals surface area contributed by atoms with Crippen molar-refractivity contribution in [3.8, 4) is 0 Å². The Kier molecular flexibility index (Phi) is 5.43. The molecule has 0 radical (unpaired) electrons. The van der Waals surface area contributed by atoms with Crippen molar-refractivity contribution in [3.63, 3.8) is 0 Å². The molecule has 1 aromatic heterocycles. The molecule has 3 rings (SSSR count). The van der Waals surface area contributed by atoms with Crippen molar-refractivity contribution in [3.05, 3.63) is 47.4 Å². The third-order valence-electron chi connectivity index (χ3n) is 4.87. The van der Waals surface area contributed by atoms with Gasteiger partial charge in [0.15, 0.2) is 0 Å². The van der Waals surface area contributed by atoms with E-state index in [1.165, 1.54) is 18.2 Å². The van der Waals surface area contributed by atoms with Gasteiger partial charge in [0.05, 0.1) is 6.04 Å². The van der Waals surface area contributed by atoms with E-state index in [0.29, 0.717) is 25.3 Å². The molecule has 1 fully saturated rings. The molecule has 27 heavy (non-hydrogen) atoms. The predicted molar refractivity (Wildman–Crippen MR) is 99.1 cm³/mol. The summed E-state index contributed by atoms with van der Waals surface area (Å²) >= 11 is 0. The quantitative estimate of drug-likeness (QED) is 0.857. The minimum absolute atomic E-state index is 0.0163. The number of amides is 2. The number of hydrogen-bond donors (Lipinski definition) is 2. The van der Waals surface area contributed by atoms with Crippen LogP contribution in [0.3, 0.4) is 0 Å². The minimum Gasteiger partial charge on any atom is -0.382 e. The molecule has 2 amide bonds. The average molecular weight is 373 g/mol. The van der Waals surface area contributed by atoms with Gasteiger partial charge in [-0.3, -0.25) is 14.7 Å². The lowest BCUT2D eigenvalue weighted by atomic mass is 10.0. The Morgan fingerprint density at radius 3 is 2.67 bits per heavy atom. The van der Waals surface area contributed by atoms with Gasteiger partial charge in [0.2, 0.25) is 5.91 Å². The van der Waals surface area contributed by atoms with Gasteiger partial charge < -0.3 is 15.5 Å². The Bertz CT molecular complexity index is 818. The molecular formula is C19H24FN5O2. The number of anilines is 1. The van der Waals surface area contributed by atoms with Crippen LogP contribution in [0.2, 0.25) is 0 Å². The first kappa shape index (κ1) is 18.9. The van der Waals surface area contributed by atoms with Crippen LogP contribution in [0.15, 0.2) is 30.3 Å². The summed E-state index contributed by atoms with van der Waals surface area (Å²) in [6, 6.07) is 7.49. The molecule has 2 heterocycles. The summed E-state index contributed by atoms with van der Waals surface area (Å²) in [5.74, 6) is -0.145. The van der Waals surface area contributed by atoms with Crippen LogP contribution < -0.4 is 5.73 Å². The van der Waals surface area contributed by atoms with E-state index in [4.69, 9.17) is 5.73 Å². The molecule has 1 aliphatic heterocycles. The summed E-state index contributed by atoms with van der Waals surface area (Å²) in [5, 5.41) is 6.43. The number of nitrogens with one attached hydrogen (secondary N) is 1. The zero-order chi connectivity index (χ0) is 19.6. The number of nitrogens with two attached hydrogens (primary N) is 1. The highest BCUT2D eigenvalue weighted by atomic mass is 19.1. The molecule has 0 aliphatic carbocycles. The van der Waals surface area contributed by atoms with E-state index >= 15 is 0 Å². The number of nitrogen functional groups attached to an aromatic ring is 1. The van der Waals surface area contributed by atoms with E-state index in [0.717, 1.165) is 5.56 Å². The van der Waals surface area contributed by atoms with Crippen molar-refractivity contribution in [1.29, 1.82) is 0 Å². The van der Waals surface area contributed by atoms with Crippen LogP contribution in [0.5, 0.6) is 0 Å². The lowest BCUT2D eigenvalue weighted by Gasteiger charge is -2.34. The molecule has 2 aromatic rings. The van der Waals surface area contributed by atoms with Gasteiger partial charge in [0.25, 0.3) is 5.91 Å². The molecule has 1 aromatic carbocycles. The number of hydrogen-bond acceptors (Lipinski definition) is 4. The number of nitrogens with zero attached hydrogens (tertiary/aromatic N) is 3. The highest BCUT2D eigenvalue weighted by Gasteiger charge is 2.34. The fourth-order valence-electron chi connectivity index (χ4n) is 3.34. The van der Waals surface area contributed by atoms with Crippen LogP contribution in [-0.4, -0.2) is 50.9 Å². The summed E-state index contributed by atoms with van der Waals surface area (Å²) in [5.41, 5.74) is 6.76. The maximum Gasteiger partial charge on any atom is 0.272 e. The highest BCUT2D eigenvalue weighted by molar-refractivity contribution is 5.93.